The molecule has 0 unspecified atom stereocenters. The predicted molar refractivity (Wildman–Crippen MR) is 278 cm³/mol. The van der Waals surface area contributed by atoms with Gasteiger partial charge in [0.05, 0.1) is 5.41 Å². The molecular weight excluding hydrogens is 795 g/mol. The van der Waals surface area contributed by atoms with E-state index < -0.39 is 5.41 Å². The summed E-state index contributed by atoms with van der Waals surface area (Å²) in [7, 11) is 0. The molecule has 310 valence electrons. The van der Waals surface area contributed by atoms with Crippen molar-refractivity contribution in [2.75, 3.05) is 4.90 Å². The van der Waals surface area contributed by atoms with Crippen molar-refractivity contribution in [3.63, 3.8) is 0 Å². The van der Waals surface area contributed by atoms with Crippen LogP contribution in [0.15, 0.2) is 273 Å². The van der Waals surface area contributed by atoms with Crippen LogP contribution in [0, 0.1) is 0 Å². The Balaban J connectivity index is 1.06. The number of benzene rings is 11. The highest BCUT2D eigenvalue weighted by atomic mass is 15.1. The molecule has 0 heterocycles. The minimum Gasteiger partial charge on any atom is -0.310 e. The van der Waals surface area contributed by atoms with Crippen LogP contribution in [-0.4, -0.2) is 0 Å². The summed E-state index contributed by atoms with van der Waals surface area (Å²) >= 11 is 0. The molecule has 0 saturated carbocycles. The zero-order chi connectivity index (χ0) is 43.9. The summed E-state index contributed by atoms with van der Waals surface area (Å²) < 4.78 is 0. The van der Waals surface area contributed by atoms with Gasteiger partial charge >= 0.3 is 0 Å². The maximum Gasteiger partial charge on any atom is 0.0714 e. The second-order valence-electron chi connectivity index (χ2n) is 17.3. The number of rotatable bonds is 9. The van der Waals surface area contributed by atoms with E-state index in [9.17, 15) is 0 Å². The second-order valence-corrected chi connectivity index (χ2v) is 17.3. The summed E-state index contributed by atoms with van der Waals surface area (Å²) in [5, 5.41) is 2.50. The summed E-state index contributed by atoms with van der Waals surface area (Å²) in [6, 6.07) is 100. The van der Waals surface area contributed by atoms with E-state index in [4.69, 9.17) is 0 Å². The van der Waals surface area contributed by atoms with Crippen molar-refractivity contribution < 1.29 is 0 Å². The number of hydrogen-bond donors (Lipinski definition) is 0. The minimum absolute atomic E-state index is 0.531. The molecule has 11 aromatic carbocycles. The first-order chi connectivity index (χ1) is 32.7. The van der Waals surface area contributed by atoms with Crippen molar-refractivity contribution in [3.8, 4) is 55.6 Å². The molecule has 0 aliphatic heterocycles. The Morgan fingerprint density at radius 3 is 1.33 bits per heavy atom. The summed E-state index contributed by atoms with van der Waals surface area (Å²) in [5.74, 6) is 0. The monoisotopic (exact) mass is 839 g/mol. The average Bonchev–Trinajstić information content (AvgIpc) is 3.70. The second kappa shape index (κ2) is 16.6. The van der Waals surface area contributed by atoms with Gasteiger partial charge in [-0.05, 0) is 143 Å². The molecule has 12 rings (SSSR count). The van der Waals surface area contributed by atoms with Crippen molar-refractivity contribution in [1.29, 1.82) is 0 Å². The van der Waals surface area contributed by atoms with Crippen LogP contribution in [-0.2, 0) is 5.41 Å². The number of fused-ring (bicyclic) bond motifs is 4. The lowest BCUT2D eigenvalue weighted by molar-refractivity contribution is 0.768. The van der Waals surface area contributed by atoms with Gasteiger partial charge in [0, 0.05) is 17.1 Å². The molecule has 0 saturated heterocycles. The number of hydrogen-bond acceptors (Lipinski definition) is 1. The molecule has 0 atom stereocenters. The fourth-order valence-electron chi connectivity index (χ4n) is 10.4. The van der Waals surface area contributed by atoms with E-state index >= 15 is 0 Å². The number of nitrogens with zero attached hydrogens (tertiary/aromatic N) is 1. The summed E-state index contributed by atoms with van der Waals surface area (Å²) in [5.41, 5.74) is 19.8. The van der Waals surface area contributed by atoms with E-state index in [1.165, 1.54) is 77.5 Å². The van der Waals surface area contributed by atoms with Crippen LogP contribution in [0.1, 0.15) is 22.3 Å². The Morgan fingerprint density at radius 1 is 0.227 bits per heavy atom. The molecule has 1 aliphatic rings. The van der Waals surface area contributed by atoms with Crippen molar-refractivity contribution in [1.82, 2.24) is 0 Å². The average molecular weight is 840 g/mol. The van der Waals surface area contributed by atoms with E-state index in [-0.39, 0.29) is 0 Å². The van der Waals surface area contributed by atoms with Crippen LogP contribution < -0.4 is 4.90 Å². The Kier molecular flexibility index (Phi) is 9.81. The van der Waals surface area contributed by atoms with Gasteiger partial charge in [-0.15, -0.1) is 0 Å². The third-order valence-corrected chi connectivity index (χ3v) is 13.5. The van der Waals surface area contributed by atoms with Gasteiger partial charge in [-0.1, -0.05) is 218 Å². The van der Waals surface area contributed by atoms with Gasteiger partial charge in [0.2, 0.25) is 0 Å². The van der Waals surface area contributed by atoms with Gasteiger partial charge in [-0.2, -0.15) is 0 Å². The highest BCUT2D eigenvalue weighted by Gasteiger charge is 2.46. The largest absolute Gasteiger partial charge is 0.310 e. The van der Waals surface area contributed by atoms with Crippen LogP contribution in [0.2, 0.25) is 0 Å². The molecule has 66 heavy (non-hydrogen) atoms. The van der Waals surface area contributed by atoms with Gasteiger partial charge in [-0.3, -0.25) is 0 Å². The lowest BCUT2D eigenvalue weighted by Gasteiger charge is -2.35. The summed E-state index contributed by atoms with van der Waals surface area (Å²) in [6.07, 6.45) is 0. The zero-order valence-corrected chi connectivity index (χ0v) is 36.4. The molecule has 1 heteroatoms. The van der Waals surface area contributed by atoms with Gasteiger partial charge in [0.15, 0.2) is 0 Å². The van der Waals surface area contributed by atoms with E-state index in [0.29, 0.717) is 0 Å². The molecule has 1 nitrogen and oxygen atoms in total. The topological polar surface area (TPSA) is 3.24 Å². The first-order valence-electron chi connectivity index (χ1n) is 22.8. The lowest BCUT2D eigenvalue weighted by Crippen LogP contribution is -2.28. The van der Waals surface area contributed by atoms with Gasteiger partial charge in [0.25, 0.3) is 0 Å². The first-order valence-corrected chi connectivity index (χ1v) is 22.8. The highest BCUT2D eigenvalue weighted by Crippen LogP contribution is 2.57. The van der Waals surface area contributed by atoms with Crippen LogP contribution in [0.25, 0.3) is 66.4 Å². The maximum atomic E-state index is 2.47. The van der Waals surface area contributed by atoms with Gasteiger partial charge < -0.3 is 4.90 Å². The zero-order valence-electron chi connectivity index (χ0n) is 36.4. The minimum atomic E-state index is -0.531. The molecule has 0 aromatic heterocycles. The fraction of sp³-hybridized carbons (Fsp3) is 0.0154. The van der Waals surface area contributed by atoms with E-state index in [2.05, 4.69) is 278 Å². The third-order valence-electron chi connectivity index (χ3n) is 13.5. The van der Waals surface area contributed by atoms with Crippen molar-refractivity contribution in [2.45, 2.75) is 5.41 Å². The Bertz CT molecular complexity index is 3410. The van der Waals surface area contributed by atoms with Crippen molar-refractivity contribution in [2.24, 2.45) is 0 Å². The van der Waals surface area contributed by atoms with E-state index in [1.807, 2.05) is 0 Å². The molecule has 0 spiro atoms. The predicted octanol–water partition coefficient (Wildman–Crippen LogP) is 17.3. The van der Waals surface area contributed by atoms with Crippen molar-refractivity contribution >= 4 is 27.8 Å². The maximum absolute atomic E-state index is 2.47. The molecule has 0 radical (unpaired) electrons. The summed E-state index contributed by atoms with van der Waals surface area (Å²) in [4.78, 5) is 2.46. The highest BCUT2D eigenvalue weighted by molar-refractivity contribution is 5.92. The Labute approximate surface area is 387 Å². The van der Waals surface area contributed by atoms with E-state index in [1.54, 1.807) is 0 Å². The normalized spacial score (nSPS) is 12.4. The Hall–Kier alpha value is -8.52. The molecule has 11 aromatic rings. The van der Waals surface area contributed by atoms with Gasteiger partial charge in [0.1, 0.15) is 0 Å². The quantitative estimate of drug-likeness (QED) is 0.140. The SMILES string of the molecule is c1ccc(-c2cc(-c3ccccc3)cc(N(c3ccc(-c4cccc(-c5ccc6ccccc6c5)c4)cc3)c3ccc4c(c3)C(c3ccccc3)(c3ccccc3)c3ccccc3-4)c2)cc1. The van der Waals surface area contributed by atoms with Crippen LogP contribution in [0.3, 0.4) is 0 Å². The molecule has 0 amide bonds. The van der Waals surface area contributed by atoms with E-state index in [0.717, 1.165) is 28.2 Å². The first kappa shape index (κ1) is 39.1. The van der Waals surface area contributed by atoms with Crippen LogP contribution in [0.4, 0.5) is 17.1 Å². The molecule has 0 bridgehead atoms. The third kappa shape index (κ3) is 6.81. The number of anilines is 3. The smallest absolute Gasteiger partial charge is 0.0714 e. The molecular formula is C65H45N. The van der Waals surface area contributed by atoms with Crippen LogP contribution >= 0.6 is 0 Å². The molecule has 0 N–H and O–H groups in total. The summed E-state index contributed by atoms with van der Waals surface area (Å²) in [6.45, 7) is 0. The Morgan fingerprint density at radius 2 is 0.682 bits per heavy atom. The lowest BCUT2D eigenvalue weighted by atomic mass is 9.67. The standard InChI is InChI=1S/C65H45N/c1-5-18-46(19-6-1)54-42-55(47-20-7-2-8-21-47)44-60(43-54)66(58-36-34-49(35-37-58)51-24-17-25-52(40-51)53-33-32-48-22-13-14-23-50(48)41-53)59-38-39-62-61-30-15-16-31-63(61)65(64(62)45-59,56-26-9-3-10-27-56)57-28-11-4-12-29-57/h1-45H. The fourth-order valence-corrected chi connectivity index (χ4v) is 10.4. The molecule has 0 fully saturated rings. The van der Waals surface area contributed by atoms with Gasteiger partial charge in [-0.25, -0.2) is 0 Å². The van der Waals surface area contributed by atoms with Crippen molar-refractivity contribution in [3.05, 3.63) is 295 Å². The molecule has 1 aliphatic carbocycles. The van der Waals surface area contributed by atoms with Crippen LogP contribution in [0.5, 0.6) is 0 Å².